The second-order valence-corrected chi connectivity index (χ2v) is 8.88. The first-order chi connectivity index (χ1) is 15.3. The van der Waals surface area contributed by atoms with Crippen molar-refractivity contribution in [3.05, 3.63) is 101 Å². The van der Waals surface area contributed by atoms with E-state index in [-0.39, 0.29) is 30.2 Å². The fourth-order valence-corrected chi connectivity index (χ4v) is 3.95. The number of carbonyl (C=O) groups is 2. The molecule has 0 unspecified atom stereocenters. The van der Waals surface area contributed by atoms with Gasteiger partial charge in [-0.2, -0.15) is 0 Å². The van der Waals surface area contributed by atoms with Gasteiger partial charge in [0.25, 0.3) is 5.91 Å². The Hall–Kier alpha value is -3.49. The third-order valence-corrected chi connectivity index (χ3v) is 6.11. The number of nitrogens with one attached hydrogen (secondary N) is 2. The van der Waals surface area contributed by atoms with Crippen molar-refractivity contribution < 1.29 is 22.7 Å². The van der Waals surface area contributed by atoms with E-state index in [4.69, 9.17) is 4.74 Å². The Morgan fingerprint density at radius 1 is 0.875 bits per heavy atom. The van der Waals surface area contributed by atoms with Crippen LogP contribution in [0.3, 0.4) is 0 Å². The standard InChI is InChI=1S/C24H24N2O5S/c1-18-12-13-21(32(29,30)26-15-19-8-4-2-5-9-19)14-22(18)24(28)25-16-23(27)31-17-20-10-6-3-7-11-20/h2-14,26H,15-17H2,1H3,(H,25,28). The number of carbonyl (C=O) groups excluding carboxylic acids is 2. The molecule has 1 amide bonds. The predicted molar refractivity (Wildman–Crippen MR) is 120 cm³/mol. The minimum Gasteiger partial charge on any atom is -0.460 e. The van der Waals surface area contributed by atoms with Crippen LogP contribution in [0.5, 0.6) is 0 Å². The molecule has 0 radical (unpaired) electrons. The van der Waals surface area contributed by atoms with E-state index >= 15 is 0 Å². The zero-order valence-electron chi connectivity index (χ0n) is 17.6. The van der Waals surface area contributed by atoms with Crippen LogP contribution in [-0.4, -0.2) is 26.8 Å². The van der Waals surface area contributed by atoms with Gasteiger partial charge in [-0.1, -0.05) is 66.7 Å². The summed E-state index contributed by atoms with van der Waals surface area (Å²) in [6.07, 6.45) is 0. The minimum absolute atomic E-state index is 0.0316. The van der Waals surface area contributed by atoms with Gasteiger partial charge in [0.15, 0.2) is 0 Å². The number of sulfonamides is 1. The molecule has 0 spiro atoms. The lowest BCUT2D eigenvalue weighted by molar-refractivity contribution is -0.143. The number of esters is 1. The van der Waals surface area contributed by atoms with E-state index in [1.54, 1.807) is 13.0 Å². The number of aryl methyl sites for hydroxylation is 1. The maximum Gasteiger partial charge on any atom is 0.325 e. The van der Waals surface area contributed by atoms with Gasteiger partial charge in [-0.15, -0.1) is 0 Å². The van der Waals surface area contributed by atoms with Crippen LogP contribution in [0.4, 0.5) is 0 Å². The fourth-order valence-electron chi connectivity index (χ4n) is 2.91. The van der Waals surface area contributed by atoms with Crippen LogP contribution in [0.2, 0.25) is 0 Å². The summed E-state index contributed by atoms with van der Waals surface area (Å²) in [5.74, 6) is -1.15. The summed E-state index contributed by atoms with van der Waals surface area (Å²) < 4.78 is 33.0. The van der Waals surface area contributed by atoms with Gasteiger partial charge in [-0.3, -0.25) is 9.59 Å². The minimum atomic E-state index is -3.82. The van der Waals surface area contributed by atoms with E-state index in [1.165, 1.54) is 12.1 Å². The number of amides is 1. The number of hydrogen-bond donors (Lipinski definition) is 2. The number of benzene rings is 3. The number of hydrogen-bond acceptors (Lipinski definition) is 5. The predicted octanol–water partition coefficient (Wildman–Crippen LogP) is 2.95. The van der Waals surface area contributed by atoms with Crippen LogP contribution in [0, 0.1) is 6.92 Å². The summed E-state index contributed by atoms with van der Waals surface area (Å²) in [5, 5.41) is 2.48. The summed E-state index contributed by atoms with van der Waals surface area (Å²) in [7, 11) is -3.82. The van der Waals surface area contributed by atoms with E-state index < -0.39 is 21.9 Å². The first-order valence-electron chi connectivity index (χ1n) is 9.97. The van der Waals surface area contributed by atoms with Crippen molar-refractivity contribution in [3.8, 4) is 0 Å². The van der Waals surface area contributed by atoms with Crippen molar-refractivity contribution in [2.45, 2.75) is 25.0 Å². The van der Waals surface area contributed by atoms with Crippen LogP contribution in [0.25, 0.3) is 0 Å². The van der Waals surface area contributed by atoms with Crippen molar-refractivity contribution in [2.75, 3.05) is 6.54 Å². The van der Waals surface area contributed by atoms with Crippen LogP contribution >= 0.6 is 0 Å². The van der Waals surface area contributed by atoms with E-state index in [0.717, 1.165) is 11.1 Å². The molecular weight excluding hydrogens is 428 g/mol. The van der Waals surface area contributed by atoms with Crippen LogP contribution < -0.4 is 10.0 Å². The maximum absolute atomic E-state index is 12.7. The SMILES string of the molecule is Cc1ccc(S(=O)(=O)NCc2ccccc2)cc1C(=O)NCC(=O)OCc1ccccc1. The molecule has 0 aliphatic carbocycles. The van der Waals surface area contributed by atoms with Crippen LogP contribution in [-0.2, 0) is 32.7 Å². The van der Waals surface area contributed by atoms with Crippen molar-refractivity contribution in [3.63, 3.8) is 0 Å². The Balaban J connectivity index is 1.60. The molecule has 0 saturated carbocycles. The second kappa shape index (κ2) is 10.7. The smallest absolute Gasteiger partial charge is 0.325 e. The number of rotatable bonds is 9. The molecule has 3 aromatic carbocycles. The summed E-state index contributed by atoms with van der Waals surface area (Å²) >= 11 is 0. The maximum atomic E-state index is 12.7. The summed E-state index contributed by atoms with van der Waals surface area (Å²) in [6, 6.07) is 22.6. The fraction of sp³-hybridized carbons (Fsp3) is 0.167. The lowest BCUT2D eigenvalue weighted by Crippen LogP contribution is -2.31. The molecule has 0 saturated heterocycles. The second-order valence-electron chi connectivity index (χ2n) is 7.12. The molecule has 0 fully saturated rings. The molecule has 3 rings (SSSR count). The molecule has 0 aromatic heterocycles. The van der Waals surface area contributed by atoms with E-state index in [1.807, 2.05) is 60.7 Å². The molecule has 166 valence electrons. The zero-order chi connectivity index (χ0) is 23.0. The van der Waals surface area contributed by atoms with Crippen molar-refractivity contribution in [1.29, 1.82) is 0 Å². The quantitative estimate of drug-likeness (QED) is 0.486. The van der Waals surface area contributed by atoms with E-state index in [0.29, 0.717) is 5.56 Å². The molecule has 7 nitrogen and oxygen atoms in total. The molecule has 0 heterocycles. The largest absolute Gasteiger partial charge is 0.460 e. The zero-order valence-corrected chi connectivity index (χ0v) is 18.4. The lowest BCUT2D eigenvalue weighted by atomic mass is 10.1. The van der Waals surface area contributed by atoms with E-state index in [2.05, 4.69) is 10.0 Å². The molecular formula is C24H24N2O5S. The molecule has 0 atom stereocenters. The Morgan fingerprint density at radius 2 is 1.50 bits per heavy atom. The van der Waals surface area contributed by atoms with Gasteiger partial charge >= 0.3 is 5.97 Å². The highest BCUT2D eigenvalue weighted by molar-refractivity contribution is 7.89. The Labute approximate surface area is 187 Å². The highest BCUT2D eigenvalue weighted by Gasteiger charge is 2.18. The monoisotopic (exact) mass is 452 g/mol. The average Bonchev–Trinajstić information content (AvgIpc) is 2.81. The van der Waals surface area contributed by atoms with Gasteiger partial charge in [-0.25, -0.2) is 13.1 Å². The van der Waals surface area contributed by atoms with Crippen molar-refractivity contribution in [1.82, 2.24) is 10.0 Å². The van der Waals surface area contributed by atoms with Crippen molar-refractivity contribution >= 4 is 21.9 Å². The molecule has 0 aliphatic heterocycles. The molecule has 8 heteroatoms. The summed E-state index contributed by atoms with van der Waals surface area (Å²) in [6.45, 7) is 1.60. The molecule has 0 aliphatic rings. The average molecular weight is 453 g/mol. The summed E-state index contributed by atoms with van der Waals surface area (Å²) in [4.78, 5) is 24.5. The molecule has 3 aromatic rings. The first-order valence-corrected chi connectivity index (χ1v) is 11.5. The molecule has 32 heavy (non-hydrogen) atoms. The van der Waals surface area contributed by atoms with Gasteiger partial charge in [0.1, 0.15) is 13.2 Å². The Morgan fingerprint density at radius 3 is 2.16 bits per heavy atom. The Kier molecular flexibility index (Phi) is 7.75. The molecule has 2 N–H and O–H groups in total. The van der Waals surface area contributed by atoms with Gasteiger partial charge in [-0.05, 0) is 35.7 Å². The van der Waals surface area contributed by atoms with E-state index in [9.17, 15) is 18.0 Å². The van der Waals surface area contributed by atoms with Gasteiger partial charge in [0.2, 0.25) is 10.0 Å². The topological polar surface area (TPSA) is 102 Å². The highest BCUT2D eigenvalue weighted by atomic mass is 32.2. The molecule has 0 bridgehead atoms. The van der Waals surface area contributed by atoms with Gasteiger partial charge in [0, 0.05) is 12.1 Å². The lowest BCUT2D eigenvalue weighted by Gasteiger charge is -2.11. The van der Waals surface area contributed by atoms with Crippen molar-refractivity contribution in [2.24, 2.45) is 0 Å². The normalized spacial score (nSPS) is 11.0. The third kappa shape index (κ3) is 6.50. The summed E-state index contributed by atoms with van der Waals surface area (Å²) in [5.41, 5.74) is 2.41. The van der Waals surface area contributed by atoms with Crippen LogP contribution in [0.15, 0.2) is 83.8 Å². The Bertz CT molecular complexity index is 1180. The number of ether oxygens (including phenoxy) is 1. The third-order valence-electron chi connectivity index (χ3n) is 4.71. The van der Waals surface area contributed by atoms with Gasteiger partial charge in [0.05, 0.1) is 4.90 Å². The van der Waals surface area contributed by atoms with Crippen LogP contribution in [0.1, 0.15) is 27.0 Å². The van der Waals surface area contributed by atoms with Gasteiger partial charge < -0.3 is 10.1 Å². The highest BCUT2D eigenvalue weighted by Crippen LogP contribution is 2.16. The first kappa shape index (κ1) is 23.2.